The van der Waals surface area contributed by atoms with Gasteiger partial charge in [0.05, 0.1) is 0 Å². The van der Waals surface area contributed by atoms with Crippen molar-refractivity contribution in [1.82, 2.24) is 0 Å². The van der Waals surface area contributed by atoms with Crippen LogP contribution in [0.3, 0.4) is 0 Å². The summed E-state index contributed by atoms with van der Waals surface area (Å²) in [6.07, 6.45) is 7.43. The fourth-order valence-electron chi connectivity index (χ4n) is 11.9. The standard InChI is InChI=1S/C46H38Si.2C4H9.Zr/c1-3-33-31-37-23-17-29-41(35-19-9-5-10-20-35)43(37)45(33)47(39-25-13-7-14-26-39,40-27-15-8-16-28-40)46-34(4-2)32-38-24-18-30-42(44(38)46)36-21-11-6-12-22-36;2*1-3-4-2;/h5-32H,3-4H2,1-2H3;2*1,3-4H2,2H3;. The van der Waals surface area contributed by atoms with Crippen molar-refractivity contribution in [2.45, 2.75) is 81.7 Å². The van der Waals surface area contributed by atoms with Crippen LogP contribution in [0.5, 0.6) is 0 Å². The van der Waals surface area contributed by atoms with E-state index in [1.165, 1.54) is 66.6 Å². The monoisotopic (exact) mass is 822 g/mol. The van der Waals surface area contributed by atoms with Gasteiger partial charge in [0.2, 0.25) is 0 Å². The molecule has 56 heavy (non-hydrogen) atoms. The van der Waals surface area contributed by atoms with Crippen LogP contribution in [0.25, 0.3) is 32.6 Å². The van der Waals surface area contributed by atoms with E-state index in [9.17, 15) is 0 Å². The molecule has 0 saturated heterocycles. The van der Waals surface area contributed by atoms with Crippen LogP contribution >= 0.6 is 0 Å². The summed E-state index contributed by atoms with van der Waals surface area (Å²) in [5.74, 6) is 0. The molecule has 9 rings (SSSR count). The Morgan fingerprint density at radius 1 is 0.429 bits per heavy atom. The van der Waals surface area contributed by atoms with Crippen LogP contribution in [-0.2, 0) is 20.3 Å². The van der Waals surface area contributed by atoms with E-state index in [0.29, 0.717) is 7.25 Å². The van der Waals surface area contributed by atoms with E-state index < -0.39 is 28.3 Å². The Kier molecular flexibility index (Phi) is 10.5. The van der Waals surface area contributed by atoms with E-state index >= 15 is 0 Å². The number of benzene rings is 6. The van der Waals surface area contributed by atoms with Gasteiger partial charge < -0.3 is 0 Å². The first-order chi connectivity index (χ1) is 27.6. The minimum atomic E-state index is -3.44. The van der Waals surface area contributed by atoms with Crippen LogP contribution in [-0.4, -0.2) is 8.07 Å². The van der Waals surface area contributed by atoms with Crippen LogP contribution in [0.1, 0.15) is 95.7 Å². The number of unbranched alkanes of at least 4 members (excludes halogenated alkanes) is 2. The predicted octanol–water partition coefficient (Wildman–Crippen LogP) is 14.1. The van der Waals surface area contributed by atoms with Crippen molar-refractivity contribution in [2.75, 3.05) is 0 Å². The van der Waals surface area contributed by atoms with Crippen LogP contribution in [0, 0.1) is 0 Å². The molecule has 2 aliphatic carbocycles. The first-order valence-corrected chi connectivity index (χ1v) is 29.9. The Hall–Kier alpha value is -4.10. The van der Waals surface area contributed by atoms with Gasteiger partial charge in [0.15, 0.2) is 0 Å². The molecule has 2 atom stereocenters. The van der Waals surface area contributed by atoms with Crippen molar-refractivity contribution < 1.29 is 20.3 Å². The number of hydrogen-bond acceptors (Lipinski definition) is 0. The van der Waals surface area contributed by atoms with Gasteiger partial charge in [-0.2, -0.15) is 0 Å². The third-order valence-corrected chi connectivity index (χ3v) is 34.1. The van der Waals surface area contributed by atoms with Gasteiger partial charge in [-0.05, 0) is 0 Å². The second-order valence-corrected chi connectivity index (χ2v) is 31.6. The molecule has 6 aromatic carbocycles. The van der Waals surface area contributed by atoms with E-state index in [2.05, 4.69) is 185 Å². The fourth-order valence-corrected chi connectivity index (χ4v) is 37.3. The van der Waals surface area contributed by atoms with E-state index in [1.54, 1.807) is 32.6 Å². The second-order valence-electron chi connectivity index (χ2n) is 16.6. The van der Waals surface area contributed by atoms with Gasteiger partial charge in [-0.1, -0.05) is 0 Å². The number of allylic oxidation sites excluding steroid dienone is 2. The molecule has 1 aliphatic heterocycles. The van der Waals surface area contributed by atoms with Gasteiger partial charge in [-0.25, -0.2) is 0 Å². The van der Waals surface area contributed by atoms with Gasteiger partial charge in [0, 0.05) is 0 Å². The second kappa shape index (κ2) is 15.7. The van der Waals surface area contributed by atoms with Crippen molar-refractivity contribution in [3.63, 3.8) is 0 Å². The average molecular weight is 824 g/mol. The molecule has 0 fully saturated rings. The Morgan fingerprint density at radius 3 is 1.16 bits per heavy atom. The normalized spacial score (nSPS) is 18.7. The third kappa shape index (κ3) is 5.61. The summed E-state index contributed by atoms with van der Waals surface area (Å²) >= 11 is -3.44. The molecular formula is C54H56SiZr. The molecule has 2 heteroatoms. The predicted molar refractivity (Wildman–Crippen MR) is 241 cm³/mol. The molecule has 4 bridgehead atoms. The summed E-state index contributed by atoms with van der Waals surface area (Å²) < 4.78 is 4.01. The van der Waals surface area contributed by atoms with Crippen molar-refractivity contribution >= 4 is 28.8 Å². The summed E-state index contributed by atoms with van der Waals surface area (Å²) in [5.41, 5.74) is 15.8. The maximum atomic E-state index is 2.63. The quantitative estimate of drug-likeness (QED) is 0.108. The van der Waals surface area contributed by atoms with Gasteiger partial charge in [0.25, 0.3) is 0 Å². The zero-order chi connectivity index (χ0) is 38.3. The van der Waals surface area contributed by atoms with E-state index in [-0.39, 0.29) is 0 Å². The summed E-state index contributed by atoms with van der Waals surface area (Å²) in [5, 5.41) is 6.53. The van der Waals surface area contributed by atoms with Crippen molar-refractivity contribution in [2.24, 2.45) is 0 Å². The van der Waals surface area contributed by atoms with Crippen LogP contribution < -0.4 is 10.4 Å². The Morgan fingerprint density at radius 2 is 0.804 bits per heavy atom. The third-order valence-electron chi connectivity index (χ3n) is 13.9. The summed E-state index contributed by atoms with van der Waals surface area (Å²) in [7, 11) is -3.02. The van der Waals surface area contributed by atoms with Crippen LogP contribution in [0.2, 0.25) is 8.26 Å². The molecule has 0 spiro atoms. The first kappa shape index (κ1) is 37.5. The zero-order valence-electron chi connectivity index (χ0n) is 33.8. The van der Waals surface area contributed by atoms with Crippen molar-refractivity contribution in [1.29, 1.82) is 0 Å². The SMILES string of the molecule is CCC[CH2][Zr]1([CH2]CCC)[CH]2C(CC)=C(c3c(-c4ccccc4)cccc32)[Si](c2ccccc2)(c2ccccc2)C2=C(CC)[CH]1c1cccc(-c3ccccc3)c12. The van der Waals surface area contributed by atoms with Crippen molar-refractivity contribution in [3.8, 4) is 22.3 Å². The average Bonchev–Trinajstić information content (AvgIpc) is 3.81. The summed E-state index contributed by atoms with van der Waals surface area (Å²) in [6.45, 7) is 9.95. The molecule has 0 nitrogen and oxygen atoms in total. The topological polar surface area (TPSA) is 0 Å². The molecule has 0 amide bonds. The molecule has 6 aromatic rings. The first-order valence-electron chi connectivity index (χ1n) is 21.6. The van der Waals surface area contributed by atoms with Gasteiger partial charge >= 0.3 is 344 Å². The van der Waals surface area contributed by atoms with Crippen LogP contribution in [0.4, 0.5) is 0 Å². The Balaban J connectivity index is 1.56. The van der Waals surface area contributed by atoms with Gasteiger partial charge in [0.1, 0.15) is 0 Å². The molecule has 0 aromatic heterocycles. The summed E-state index contributed by atoms with van der Waals surface area (Å²) in [4.78, 5) is 0. The Bertz CT molecular complexity index is 2240. The molecule has 0 saturated carbocycles. The molecule has 2 unspecified atom stereocenters. The van der Waals surface area contributed by atoms with Gasteiger partial charge in [-0.3, -0.25) is 0 Å². The molecule has 280 valence electrons. The number of rotatable bonds is 12. The molecule has 0 radical (unpaired) electrons. The molecule has 3 aliphatic rings. The minimum absolute atomic E-state index is 0.555. The van der Waals surface area contributed by atoms with E-state index in [0.717, 1.165) is 12.8 Å². The number of hydrogen-bond donors (Lipinski definition) is 0. The Labute approximate surface area is 341 Å². The number of fused-ring (bicyclic) bond motifs is 8. The fraction of sp³-hybridized carbons (Fsp3) is 0.259. The molecule has 1 heterocycles. The van der Waals surface area contributed by atoms with Gasteiger partial charge in [-0.15, -0.1) is 0 Å². The van der Waals surface area contributed by atoms with Crippen molar-refractivity contribution in [3.05, 3.63) is 191 Å². The molecular weight excluding hydrogens is 768 g/mol. The summed E-state index contributed by atoms with van der Waals surface area (Å²) in [6, 6.07) is 61.9. The van der Waals surface area contributed by atoms with E-state index in [4.69, 9.17) is 0 Å². The molecule has 0 N–H and O–H groups in total. The zero-order valence-corrected chi connectivity index (χ0v) is 37.3. The maximum absolute atomic E-state index is 3.44. The van der Waals surface area contributed by atoms with E-state index in [1.807, 2.05) is 11.1 Å². The van der Waals surface area contributed by atoms with Crippen LogP contribution in [0.15, 0.2) is 169 Å².